The quantitative estimate of drug-likeness (QED) is 0.751. The molecule has 0 aliphatic heterocycles. The molecule has 0 bridgehead atoms. The van der Waals surface area contributed by atoms with Crippen LogP contribution in [0.5, 0.6) is 0 Å². The van der Waals surface area contributed by atoms with Crippen LogP contribution in [0, 0.1) is 0 Å². The lowest BCUT2D eigenvalue weighted by Crippen LogP contribution is -2.12. The van der Waals surface area contributed by atoms with E-state index in [2.05, 4.69) is 21.2 Å². The number of halogens is 1. The Hall–Kier alpha value is -2.01. The first-order chi connectivity index (χ1) is 9.49. The summed E-state index contributed by atoms with van der Waals surface area (Å²) in [6.07, 6.45) is 0. The normalized spacial score (nSPS) is 11.9. The second kappa shape index (κ2) is 5.96. The van der Waals surface area contributed by atoms with Gasteiger partial charge in [0.25, 0.3) is 0 Å². The van der Waals surface area contributed by atoms with Crippen LogP contribution in [0.3, 0.4) is 0 Å². The van der Waals surface area contributed by atoms with Gasteiger partial charge in [0.05, 0.1) is 6.04 Å². The van der Waals surface area contributed by atoms with Crippen molar-refractivity contribution >= 4 is 33.2 Å². The highest BCUT2D eigenvalue weighted by molar-refractivity contribution is 9.10. The van der Waals surface area contributed by atoms with Gasteiger partial charge in [0.1, 0.15) is 0 Å². The third-order valence-corrected chi connectivity index (χ3v) is 3.74. The number of anilines is 2. The van der Waals surface area contributed by atoms with Crippen LogP contribution in [0.1, 0.15) is 28.9 Å². The summed E-state index contributed by atoms with van der Waals surface area (Å²) < 4.78 is 0.787. The lowest BCUT2D eigenvalue weighted by molar-refractivity contribution is 0.100. The molecule has 1 amide bonds. The first kappa shape index (κ1) is 14.4. The molecule has 0 spiro atoms. The van der Waals surface area contributed by atoms with Crippen LogP contribution in [0.15, 0.2) is 46.9 Å². The predicted molar refractivity (Wildman–Crippen MR) is 85.6 cm³/mol. The minimum absolute atomic E-state index is 0.0481. The fourth-order valence-electron chi connectivity index (χ4n) is 2.00. The van der Waals surface area contributed by atoms with Crippen molar-refractivity contribution in [3.05, 3.63) is 58.1 Å². The van der Waals surface area contributed by atoms with Gasteiger partial charge in [-0.3, -0.25) is 4.79 Å². The summed E-state index contributed by atoms with van der Waals surface area (Å²) in [7, 11) is 0. The molecule has 5 N–H and O–H groups in total. The Morgan fingerprint density at radius 1 is 1.25 bits per heavy atom. The number of nitrogen functional groups attached to an aromatic ring is 1. The van der Waals surface area contributed by atoms with E-state index in [1.54, 1.807) is 12.1 Å². The molecule has 1 atom stereocenters. The van der Waals surface area contributed by atoms with Crippen LogP contribution < -0.4 is 16.8 Å². The van der Waals surface area contributed by atoms with Crippen molar-refractivity contribution in [1.82, 2.24) is 0 Å². The maximum atomic E-state index is 11.1. The lowest BCUT2D eigenvalue weighted by atomic mass is 10.1. The van der Waals surface area contributed by atoms with Crippen molar-refractivity contribution in [2.24, 2.45) is 5.73 Å². The molecule has 5 heteroatoms. The number of amides is 1. The summed E-state index contributed by atoms with van der Waals surface area (Å²) >= 11 is 3.43. The van der Waals surface area contributed by atoms with E-state index in [1.807, 2.05) is 37.3 Å². The van der Waals surface area contributed by atoms with Crippen molar-refractivity contribution in [2.75, 3.05) is 11.1 Å². The molecular formula is C15H16BrN3O. The molecule has 2 aromatic rings. The maximum absolute atomic E-state index is 11.1. The fourth-order valence-corrected chi connectivity index (χ4v) is 2.49. The largest absolute Gasteiger partial charge is 0.398 e. The van der Waals surface area contributed by atoms with Gasteiger partial charge in [0.2, 0.25) is 5.91 Å². The molecule has 0 heterocycles. The third kappa shape index (κ3) is 3.11. The van der Waals surface area contributed by atoms with Gasteiger partial charge in [-0.25, -0.2) is 0 Å². The minimum atomic E-state index is -0.447. The summed E-state index contributed by atoms with van der Waals surface area (Å²) in [5, 5.41) is 3.35. The Morgan fingerprint density at radius 3 is 2.55 bits per heavy atom. The monoisotopic (exact) mass is 333 g/mol. The van der Waals surface area contributed by atoms with Gasteiger partial charge >= 0.3 is 0 Å². The molecule has 104 valence electrons. The van der Waals surface area contributed by atoms with E-state index in [-0.39, 0.29) is 6.04 Å². The Bertz CT molecular complexity index is 643. The maximum Gasteiger partial charge on any atom is 0.248 e. The van der Waals surface area contributed by atoms with Gasteiger partial charge in [-0.15, -0.1) is 0 Å². The second-order valence-corrected chi connectivity index (χ2v) is 5.41. The number of hydrogen-bond acceptors (Lipinski definition) is 3. The molecule has 0 saturated heterocycles. The van der Waals surface area contributed by atoms with Gasteiger partial charge < -0.3 is 16.8 Å². The smallest absolute Gasteiger partial charge is 0.248 e. The Balaban J connectivity index is 2.22. The van der Waals surface area contributed by atoms with Gasteiger partial charge in [-0.2, -0.15) is 0 Å². The summed E-state index contributed by atoms with van der Waals surface area (Å²) in [4.78, 5) is 11.1. The van der Waals surface area contributed by atoms with Gasteiger partial charge in [0.15, 0.2) is 0 Å². The lowest BCUT2D eigenvalue weighted by Gasteiger charge is -2.18. The van der Waals surface area contributed by atoms with Crippen LogP contribution in [0.25, 0.3) is 0 Å². The zero-order valence-electron chi connectivity index (χ0n) is 11.1. The first-order valence-electron chi connectivity index (χ1n) is 6.19. The highest BCUT2D eigenvalue weighted by Gasteiger charge is 2.11. The number of nitrogens with one attached hydrogen (secondary N) is 1. The van der Waals surface area contributed by atoms with E-state index in [0.717, 1.165) is 21.4 Å². The van der Waals surface area contributed by atoms with E-state index < -0.39 is 5.91 Å². The van der Waals surface area contributed by atoms with Crippen molar-refractivity contribution < 1.29 is 4.79 Å². The summed E-state index contributed by atoms with van der Waals surface area (Å²) in [5.74, 6) is -0.447. The van der Waals surface area contributed by atoms with Crippen LogP contribution in [0.4, 0.5) is 11.4 Å². The molecule has 2 rings (SSSR count). The average Bonchev–Trinajstić information content (AvgIpc) is 2.41. The summed E-state index contributed by atoms with van der Waals surface area (Å²) in [5.41, 5.74) is 14.3. The molecule has 0 fully saturated rings. The number of carbonyl (C=O) groups excluding carboxylic acids is 1. The van der Waals surface area contributed by atoms with Crippen LogP contribution >= 0.6 is 15.9 Å². The molecule has 20 heavy (non-hydrogen) atoms. The average molecular weight is 334 g/mol. The van der Waals surface area contributed by atoms with Crippen molar-refractivity contribution in [3.63, 3.8) is 0 Å². The van der Waals surface area contributed by atoms with Crippen LogP contribution in [-0.2, 0) is 0 Å². The van der Waals surface area contributed by atoms with Crippen LogP contribution in [-0.4, -0.2) is 5.91 Å². The molecule has 2 aromatic carbocycles. The minimum Gasteiger partial charge on any atom is -0.398 e. The van der Waals surface area contributed by atoms with E-state index >= 15 is 0 Å². The van der Waals surface area contributed by atoms with E-state index in [1.165, 1.54) is 0 Å². The topological polar surface area (TPSA) is 81.1 Å². The molecule has 0 aliphatic rings. The van der Waals surface area contributed by atoms with Crippen molar-refractivity contribution in [2.45, 2.75) is 13.0 Å². The zero-order valence-corrected chi connectivity index (χ0v) is 12.6. The Kier molecular flexibility index (Phi) is 4.29. The fraction of sp³-hybridized carbons (Fsp3) is 0.133. The Labute approximate surface area is 126 Å². The number of rotatable bonds is 4. The predicted octanol–water partition coefficient (Wildman–Crippen LogP) is 3.30. The van der Waals surface area contributed by atoms with Gasteiger partial charge in [-0.05, 0) is 52.7 Å². The molecule has 0 saturated carbocycles. The van der Waals surface area contributed by atoms with E-state index in [4.69, 9.17) is 11.5 Å². The van der Waals surface area contributed by atoms with Gasteiger partial charge in [-0.1, -0.05) is 18.2 Å². The van der Waals surface area contributed by atoms with Gasteiger partial charge in [0, 0.05) is 21.4 Å². The summed E-state index contributed by atoms with van der Waals surface area (Å²) in [6.45, 7) is 2.03. The Morgan fingerprint density at radius 2 is 1.95 bits per heavy atom. The summed E-state index contributed by atoms with van der Waals surface area (Å²) in [6, 6.07) is 13.0. The molecule has 4 nitrogen and oxygen atoms in total. The first-order valence-corrected chi connectivity index (χ1v) is 6.98. The number of benzene rings is 2. The highest BCUT2D eigenvalue weighted by Crippen LogP contribution is 2.29. The number of nitrogens with two attached hydrogens (primary N) is 2. The van der Waals surface area contributed by atoms with E-state index in [9.17, 15) is 4.79 Å². The number of primary amides is 1. The number of carbonyl (C=O) groups is 1. The number of para-hydroxylation sites is 1. The second-order valence-electron chi connectivity index (χ2n) is 4.55. The third-order valence-electron chi connectivity index (χ3n) is 3.09. The molecule has 1 unspecified atom stereocenters. The van der Waals surface area contributed by atoms with Crippen molar-refractivity contribution in [3.8, 4) is 0 Å². The van der Waals surface area contributed by atoms with Crippen molar-refractivity contribution in [1.29, 1.82) is 0 Å². The molecule has 0 aliphatic carbocycles. The number of hydrogen-bond donors (Lipinski definition) is 3. The standard InChI is InChI=1S/C15H16BrN3O/c1-9(11-4-2-3-5-13(11)17)19-14-7-6-10(15(18)20)8-12(14)16/h2-9,19H,17H2,1H3,(H2,18,20). The molecular weight excluding hydrogens is 318 g/mol. The SMILES string of the molecule is CC(Nc1ccc(C(N)=O)cc1Br)c1ccccc1N. The molecule has 0 radical (unpaired) electrons. The van der Waals surface area contributed by atoms with Crippen LogP contribution in [0.2, 0.25) is 0 Å². The zero-order chi connectivity index (χ0) is 14.7. The molecule has 0 aromatic heterocycles. The highest BCUT2D eigenvalue weighted by atomic mass is 79.9. The van der Waals surface area contributed by atoms with E-state index in [0.29, 0.717) is 5.56 Å².